The quantitative estimate of drug-likeness (QED) is 0.602. The fourth-order valence-corrected chi connectivity index (χ4v) is 2.07. The van der Waals surface area contributed by atoms with Crippen molar-refractivity contribution in [3.63, 3.8) is 0 Å². The molecule has 0 heterocycles. The molecule has 1 atom stereocenters. The zero-order valence-corrected chi connectivity index (χ0v) is 15.8. The van der Waals surface area contributed by atoms with Crippen LogP contribution < -0.4 is 16.4 Å². The first-order valence-electron chi connectivity index (χ1n) is 7.49. The predicted molar refractivity (Wildman–Crippen MR) is 89.9 cm³/mol. The Balaban J connectivity index is 4.29. The Morgan fingerprint density at radius 3 is 2.13 bits per heavy atom. The summed E-state index contributed by atoms with van der Waals surface area (Å²) in [7, 11) is -1.31. The van der Waals surface area contributed by atoms with Gasteiger partial charge in [0.1, 0.15) is 11.6 Å². The number of rotatable bonds is 7. The summed E-state index contributed by atoms with van der Waals surface area (Å²) in [5.41, 5.74) is 4.54. The highest BCUT2D eigenvalue weighted by atomic mass is 28.3. The van der Waals surface area contributed by atoms with Gasteiger partial charge in [0.15, 0.2) is 0 Å². The molecule has 0 aliphatic rings. The molecule has 0 unspecified atom stereocenters. The van der Waals surface area contributed by atoms with Crippen LogP contribution in [0.2, 0.25) is 25.7 Å². The van der Waals surface area contributed by atoms with Gasteiger partial charge in [-0.2, -0.15) is 0 Å². The van der Waals surface area contributed by atoms with E-state index in [4.69, 9.17) is 15.2 Å². The van der Waals surface area contributed by atoms with Crippen LogP contribution in [0.4, 0.5) is 9.59 Å². The third kappa shape index (κ3) is 12.5. The minimum Gasteiger partial charge on any atom is -0.450 e. The molecule has 23 heavy (non-hydrogen) atoms. The number of nitrogens with one attached hydrogen (secondary N) is 2. The molecule has 0 spiro atoms. The number of carbonyl (C=O) groups is 3. The molecule has 3 amide bonds. The molecule has 9 heteroatoms. The highest BCUT2D eigenvalue weighted by molar-refractivity contribution is 6.76. The number of ether oxygens (including phenoxy) is 2. The molecular weight excluding hydrogens is 318 g/mol. The van der Waals surface area contributed by atoms with E-state index in [1.54, 1.807) is 20.8 Å². The van der Waals surface area contributed by atoms with Crippen LogP contribution in [0.3, 0.4) is 0 Å². The number of primary amides is 1. The Hall–Kier alpha value is -1.77. The van der Waals surface area contributed by atoms with Crippen molar-refractivity contribution in [1.29, 1.82) is 0 Å². The molecule has 0 aliphatic heterocycles. The van der Waals surface area contributed by atoms with E-state index >= 15 is 0 Å². The Morgan fingerprint density at radius 1 is 1.13 bits per heavy atom. The van der Waals surface area contributed by atoms with Crippen molar-refractivity contribution in [2.45, 2.75) is 58.1 Å². The minimum absolute atomic E-state index is 0.173. The van der Waals surface area contributed by atoms with E-state index in [1.165, 1.54) is 0 Å². The lowest BCUT2D eigenvalue weighted by Crippen LogP contribution is -2.51. The first-order chi connectivity index (χ1) is 10.3. The Kier molecular flexibility index (Phi) is 8.08. The summed E-state index contributed by atoms with van der Waals surface area (Å²) in [5, 5.41) is 4.71. The third-order valence-electron chi connectivity index (χ3n) is 2.57. The van der Waals surface area contributed by atoms with Crippen molar-refractivity contribution in [2.75, 3.05) is 13.2 Å². The molecule has 0 bridgehead atoms. The number of amides is 3. The van der Waals surface area contributed by atoms with Crippen LogP contribution in [0.15, 0.2) is 0 Å². The topological polar surface area (TPSA) is 120 Å². The van der Waals surface area contributed by atoms with Crippen LogP contribution in [0.25, 0.3) is 0 Å². The van der Waals surface area contributed by atoms with Gasteiger partial charge in [0.05, 0.1) is 13.2 Å². The van der Waals surface area contributed by atoms with Crippen LogP contribution >= 0.6 is 0 Å². The molecule has 0 fully saturated rings. The van der Waals surface area contributed by atoms with Crippen molar-refractivity contribution in [1.82, 2.24) is 10.6 Å². The molecule has 0 saturated carbocycles. The first-order valence-corrected chi connectivity index (χ1v) is 11.2. The third-order valence-corrected chi connectivity index (χ3v) is 4.27. The maximum atomic E-state index is 11.6. The maximum Gasteiger partial charge on any atom is 0.407 e. The van der Waals surface area contributed by atoms with Gasteiger partial charge in [-0.05, 0) is 26.8 Å². The summed E-state index contributed by atoms with van der Waals surface area (Å²) in [6, 6.07) is -0.250. The summed E-state index contributed by atoms with van der Waals surface area (Å²) >= 11 is 0. The largest absolute Gasteiger partial charge is 0.450 e. The minimum atomic E-state index is -1.31. The van der Waals surface area contributed by atoms with Crippen molar-refractivity contribution < 1.29 is 23.9 Å². The molecule has 0 aliphatic carbocycles. The first kappa shape index (κ1) is 21.2. The van der Waals surface area contributed by atoms with Gasteiger partial charge in [0, 0.05) is 8.07 Å². The second-order valence-corrected chi connectivity index (χ2v) is 13.0. The molecule has 4 N–H and O–H groups in total. The molecule has 0 aromatic carbocycles. The number of hydrogen-bond acceptors (Lipinski definition) is 5. The van der Waals surface area contributed by atoms with E-state index < -0.39 is 37.8 Å². The molecule has 0 aromatic rings. The highest BCUT2D eigenvalue weighted by Gasteiger charge is 2.22. The predicted octanol–water partition coefficient (Wildman–Crippen LogP) is 1.43. The van der Waals surface area contributed by atoms with Crippen LogP contribution in [-0.4, -0.2) is 51.0 Å². The van der Waals surface area contributed by atoms with Gasteiger partial charge < -0.3 is 25.8 Å². The number of hydrogen-bond donors (Lipinski definition) is 3. The van der Waals surface area contributed by atoms with Crippen LogP contribution in [0.5, 0.6) is 0 Å². The van der Waals surface area contributed by atoms with Gasteiger partial charge in [-0.15, -0.1) is 0 Å². The Labute approximate surface area is 138 Å². The lowest BCUT2D eigenvalue weighted by atomic mass is 10.2. The van der Waals surface area contributed by atoms with Crippen molar-refractivity contribution in [2.24, 2.45) is 5.73 Å². The average molecular weight is 347 g/mol. The maximum absolute atomic E-state index is 11.6. The van der Waals surface area contributed by atoms with Crippen LogP contribution in [-0.2, 0) is 14.3 Å². The molecule has 0 aromatic heterocycles. The van der Waals surface area contributed by atoms with Crippen LogP contribution in [0, 0.1) is 0 Å². The monoisotopic (exact) mass is 347 g/mol. The fourth-order valence-electron chi connectivity index (χ4n) is 1.36. The highest BCUT2D eigenvalue weighted by Crippen LogP contribution is 2.08. The van der Waals surface area contributed by atoms with Crippen molar-refractivity contribution >= 4 is 26.2 Å². The lowest BCUT2D eigenvalue weighted by Gasteiger charge is -2.21. The number of alkyl carbamates (subject to hydrolysis) is 2. The Morgan fingerprint density at radius 2 is 1.70 bits per heavy atom. The van der Waals surface area contributed by atoms with Gasteiger partial charge >= 0.3 is 12.2 Å². The number of nitrogens with two attached hydrogens (primary N) is 1. The zero-order valence-electron chi connectivity index (χ0n) is 14.8. The molecule has 0 radical (unpaired) electrons. The van der Waals surface area contributed by atoms with Crippen molar-refractivity contribution in [3.8, 4) is 0 Å². The smallest absolute Gasteiger partial charge is 0.407 e. The number of carbonyl (C=O) groups excluding carboxylic acids is 3. The van der Waals surface area contributed by atoms with Gasteiger partial charge in [0.2, 0.25) is 5.91 Å². The summed E-state index contributed by atoms with van der Waals surface area (Å²) in [5.74, 6) is -0.775. The zero-order chi connectivity index (χ0) is 18.3. The van der Waals surface area contributed by atoms with E-state index in [1.807, 2.05) is 0 Å². The summed E-state index contributed by atoms with van der Waals surface area (Å²) < 4.78 is 10.1. The van der Waals surface area contributed by atoms with E-state index in [-0.39, 0.29) is 13.2 Å². The van der Waals surface area contributed by atoms with E-state index in [2.05, 4.69) is 30.3 Å². The molecule has 0 rings (SSSR count). The standard InChI is InChI=1S/C14H29N3O5Si/c1-14(2,3)22-12(19)16-9-10(11(15)18)17-13(20)21-7-8-23(4,5)6/h10H,7-9H2,1-6H3,(H2,15,18)(H,16,19)(H,17,20)/t10-/m0/s1. The van der Waals surface area contributed by atoms with E-state index in [9.17, 15) is 14.4 Å². The van der Waals surface area contributed by atoms with Crippen molar-refractivity contribution in [3.05, 3.63) is 0 Å². The van der Waals surface area contributed by atoms with Gasteiger partial charge in [-0.1, -0.05) is 19.6 Å². The molecule has 8 nitrogen and oxygen atoms in total. The van der Waals surface area contributed by atoms with Gasteiger partial charge in [-0.3, -0.25) is 4.79 Å². The molecule has 134 valence electrons. The summed E-state index contributed by atoms with van der Waals surface area (Å²) in [4.78, 5) is 34.5. The SMILES string of the molecule is CC(C)(C)OC(=O)NC[C@H](NC(=O)OCC[Si](C)(C)C)C(N)=O. The van der Waals surface area contributed by atoms with Gasteiger partial charge in [0.25, 0.3) is 0 Å². The summed E-state index contributed by atoms with van der Waals surface area (Å²) in [6.45, 7) is 11.7. The molecule has 0 saturated heterocycles. The fraction of sp³-hybridized carbons (Fsp3) is 0.786. The second-order valence-electron chi connectivity index (χ2n) is 7.43. The van der Waals surface area contributed by atoms with Gasteiger partial charge in [-0.25, -0.2) is 9.59 Å². The molecular formula is C14H29N3O5Si. The normalized spacial score (nSPS) is 13.0. The van der Waals surface area contributed by atoms with E-state index in [0.717, 1.165) is 6.04 Å². The van der Waals surface area contributed by atoms with E-state index in [0.29, 0.717) is 0 Å². The van der Waals surface area contributed by atoms with Crippen LogP contribution in [0.1, 0.15) is 20.8 Å². The Bertz CT molecular complexity index is 429. The summed E-state index contributed by atoms with van der Waals surface area (Å²) in [6.07, 6.45) is -1.43. The average Bonchev–Trinajstić information content (AvgIpc) is 2.30. The lowest BCUT2D eigenvalue weighted by molar-refractivity contribution is -0.119. The second kappa shape index (κ2) is 8.75.